The quantitative estimate of drug-likeness (QED) is 0.323. The number of aromatic nitrogens is 2. The summed E-state index contributed by atoms with van der Waals surface area (Å²) in [4.78, 5) is 23.3. The maximum atomic E-state index is 12.0. The van der Waals surface area contributed by atoms with Crippen molar-refractivity contribution in [2.45, 2.75) is 10.1 Å². The van der Waals surface area contributed by atoms with Crippen molar-refractivity contribution in [2.24, 2.45) is 0 Å². The van der Waals surface area contributed by atoms with Gasteiger partial charge in [0.25, 0.3) is 0 Å². The standard InChI is InChI=1S/C17H12BrN3O4S2/c18-11-3-1-2-10(6-11)4-5-15(24)19-16-20-21-17(27-16)26-9-12-7-13(22)14(23)8-25-12/h1-8,23H,9H2,(H,19,20,24). The van der Waals surface area contributed by atoms with Crippen LogP contribution in [0, 0.1) is 0 Å². The van der Waals surface area contributed by atoms with Crippen LogP contribution in [0.15, 0.2) is 60.7 Å². The highest BCUT2D eigenvalue weighted by atomic mass is 79.9. The van der Waals surface area contributed by atoms with Gasteiger partial charge in [-0.2, -0.15) is 0 Å². The summed E-state index contributed by atoms with van der Waals surface area (Å²) < 4.78 is 6.66. The molecular weight excluding hydrogens is 454 g/mol. The van der Waals surface area contributed by atoms with Gasteiger partial charge in [-0.15, -0.1) is 10.2 Å². The normalized spacial score (nSPS) is 11.0. The number of hydrogen-bond donors (Lipinski definition) is 2. The predicted octanol–water partition coefficient (Wildman–Crippen LogP) is 3.90. The van der Waals surface area contributed by atoms with Crippen LogP contribution in [0.2, 0.25) is 0 Å². The first-order chi connectivity index (χ1) is 13.0. The van der Waals surface area contributed by atoms with Crippen LogP contribution in [-0.4, -0.2) is 21.2 Å². The Labute approximate surface area is 170 Å². The van der Waals surface area contributed by atoms with E-state index in [1.54, 1.807) is 6.08 Å². The summed E-state index contributed by atoms with van der Waals surface area (Å²) in [5.74, 6) is 0.00859. The number of nitrogens with one attached hydrogen (secondary N) is 1. The number of hydrogen-bond acceptors (Lipinski definition) is 8. The van der Waals surface area contributed by atoms with Gasteiger partial charge in [0, 0.05) is 16.6 Å². The van der Waals surface area contributed by atoms with Crippen LogP contribution in [0.1, 0.15) is 11.3 Å². The molecule has 3 aromatic rings. The molecule has 27 heavy (non-hydrogen) atoms. The Morgan fingerprint density at radius 1 is 1.37 bits per heavy atom. The van der Waals surface area contributed by atoms with Gasteiger partial charge >= 0.3 is 0 Å². The van der Waals surface area contributed by atoms with Crippen LogP contribution in [0.3, 0.4) is 0 Å². The molecular formula is C17H12BrN3O4S2. The minimum absolute atomic E-state index is 0.313. The largest absolute Gasteiger partial charge is 0.502 e. The predicted molar refractivity (Wildman–Crippen MR) is 108 cm³/mol. The highest BCUT2D eigenvalue weighted by Crippen LogP contribution is 2.28. The van der Waals surface area contributed by atoms with Crippen molar-refractivity contribution in [1.82, 2.24) is 10.2 Å². The molecule has 10 heteroatoms. The number of amides is 1. The summed E-state index contributed by atoms with van der Waals surface area (Å²) in [6.07, 6.45) is 4.12. The molecule has 0 aliphatic rings. The molecule has 0 aliphatic carbocycles. The average Bonchev–Trinajstić information content (AvgIpc) is 3.08. The van der Waals surface area contributed by atoms with Crippen molar-refractivity contribution < 1.29 is 14.3 Å². The fourth-order valence-corrected chi connectivity index (χ4v) is 3.96. The average molecular weight is 466 g/mol. The molecule has 0 unspecified atom stereocenters. The third-order valence-corrected chi connectivity index (χ3v) is 5.60. The van der Waals surface area contributed by atoms with E-state index < -0.39 is 11.2 Å². The molecule has 0 fully saturated rings. The van der Waals surface area contributed by atoms with Gasteiger partial charge in [-0.3, -0.25) is 14.9 Å². The van der Waals surface area contributed by atoms with Gasteiger partial charge in [0.15, 0.2) is 10.1 Å². The van der Waals surface area contributed by atoms with E-state index in [-0.39, 0.29) is 5.91 Å². The Balaban J connectivity index is 1.54. The first kappa shape index (κ1) is 19.3. The smallest absolute Gasteiger partial charge is 0.250 e. The molecule has 2 heterocycles. The Kier molecular flexibility index (Phi) is 6.43. The summed E-state index contributed by atoms with van der Waals surface area (Å²) in [5, 5.41) is 20.1. The van der Waals surface area contributed by atoms with Crippen molar-refractivity contribution in [3.8, 4) is 5.75 Å². The van der Waals surface area contributed by atoms with Gasteiger partial charge in [-0.1, -0.05) is 51.2 Å². The molecule has 0 saturated heterocycles. The zero-order valence-electron chi connectivity index (χ0n) is 13.6. The fraction of sp³-hybridized carbons (Fsp3) is 0.0588. The Morgan fingerprint density at radius 2 is 2.22 bits per heavy atom. The lowest BCUT2D eigenvalue weighted by Gasteiger charge is -1.97. The lowest BCUT2D eigenvalue weighted by Crippen LogP contribution is -2.07. The van der Waals surface area contributed by atoms with E-state index >= 15 is 0 Å². The number of carbonyl (C=O) groups is 1. The molecule has 3 rings (SSSR count). The van der Waals surface area contributed by atoms with Crippen LogP contribution in [0.25, 0.3) is 6.08 Å². The second kappa shape index (κ2) is 8.98. The van der Waals surface area contributed by atoms with Crippen LogP contribution >= 0.6 is 39.0 Å². The summed E-state index contributed by atoms with van der Waals surface area (Å²) in [6.45, 7) is 0. The Hall–Kier alpha value is -2.43. The van der Waals surface area contributed by atoms with Crippen molar-refractivity contribution in [3.05, 3.63) is 68.7 Å². The third kappa shape index (κ3) is 5.78. The first-order valence-electron chi connectivity index (χ1n) is 7.51. The molecule has 1 aromatic carbocycles. The molecule has 138 valence electrons. The van der Waals surface area contributed by atoms with Gasteiger partial charge in [0.2, 0.25) is 16.5 Å². The van der Waals surface area contributed by atoms with Gasteiger partial charge in [0.05, 0.1) is 5.75 Å². The molecule has 0 bridgehead atoms. The number of anilines is 1. The number of carbonyl (C=O) groups excluding carboxylic acids is 1. The van der Waals surface area contributed by atoms with Crippen LogP contribution in [0.5, 0.6) is 5.75 Å². The summed E-state index contributed by atoms with van der Waals surface area (Å²) >= 11 is 5.89. The highest BCUT2D eigenvalue weighted by molar-refractivity contribution is 9.10. The Morgan fingerprint density at radius 3 is 3.00 bits per heavy atom. The highest BCUT2D eigenvalue weighted by Gasteiger charge is 2.09. The number of benzene rings is 1. The van der Waals surface area contributed by atoms with E-state index in [4.69, 9.17) is 9.52 Å². The van der Waals surface area contributed by atoms with E-state index in [0.29, 0.717) is 21.0 Å². The zero-order chi connectivity index (χ0) is 19.2. The second-order valence-electron chi connectivity index (χ2n) is 5.14. The molecule has 0 spiro atoms. The Bertz CT molecular complexity index is 1050. The molecule has 2 aromatic heterocycles. The van der Waals surface area contributed by atoms with E-state index in [9.17, 15) is 9.59 Å². The topological polar surface area (TPSA) is 105 Å². The fourth-order valence-electron chi connectivity index (χ4n) is 1.90. The number of halogens is 1. The maximum Gasteiger partial charge on any atom is 0.250 e. The summed E-state index contributed by atoms with van der Waals surface area (Å²) in [7, 11) is 0. The molecule has 0 aliphatic heterocycles. The minimum atomic E-state index is -0.501. The minimum Gasteiger partial charge on any atom is -0.502 e. The van der Waals surface area contributed by atoms with Gasteiger partial charge in [-0.25, -0.2) is 0 Å². The summed E-state index contributed by atoms with van der Waals surface area (Å²) in [5.41, 5.74) is 0.391. The maximum absolute atomic E-state index is 12.0. The van der Waals surface area contributed by atoms with Crippen molar-refractivity contribution >= 4 is 56.1 Å². The van der Waals surface area contributed by atoms with E-state index in [1.807, 2.05) is 24.3 Å². The van der Waals surface area contributed by atoms with Crippen molar-refractivity contribution in [3.63, 3.8) is 0 Å². The van der Waals surface area contributed by atoms with Gasteiger partial charge in [0.1, 0.15) is 12.0 Å². The van der Waals surface area contributed by atoms with E-state index in [1.165, 1.54) is 35.2 Å². The van der Waals surface area contributed by atoms with Crippen LogP contribution in [-0.2, 0) is 10.5 Å². The van der Waals surface area contributed by atoms with E-state index in [0.717, 1.165) is 16.3 Å². The number of rotatable bonds is 6. The molecule has 2 N–H and O–H groups in total. The molecule has 1 amide bonds. The number of aromatic hydroxyl groups is 1. The monoisotopic (exact) mass is 465 g/mol. The summed E-state index contributed by atoms with van der Waals surface area (Å²) in [6, 6.07) is 8.78. The van der Waals surface area contributed by atoms with Gasteiger partial charge in [-0.05, 0) is 23.8 Å². The SMILES string of the molecule is O=C(C=Cc1cccc(Br)c1)Nc1nnc(SCc2cc(=O)c(O)co2)s1. The molecule has 0 radical (unpaired) electrons. The van der Waals surface area contributed by atoms with Crippen LogP contribution in [0.4, 0.5) is 5.13 Å². The van der Waals surface area contributed by atoms with Crippen molar-refractivity contribution in [2.75, 3.05) is 5.32 Å². The molecule has 7 nitrogen and oxygen atoms in total. The lowest BCUT2D eigenvalue weighted by atomic mass is 10.2. The first-order valence-corrected chi connectivity index (χ1v) is 10.1. The van der Waals surface area contributed by atoms with E-state index in [2.05, 4.69) is 31.4 Å². The molecule has 0 atom stereocenters. The van der Waals surface area contributed by atoms with Crippen LogP contribution < -0.4 is 10.7 Å². The molecule has 0 saturated carbocycles. The zero-order valence-corrected chi connectivity index (χ0v) is 16.8. The lowest BCUT2D eigenvalue weighted by molar-refractivity contribution is -0.111. The third-order valence-electron chi connectivity index (χ3n) is 3.12. The number of nitrogens with zero attached hydrogens (tertiary/aromatic N) is 2. The van der Waals surface area contributed by atoms with Crippen molar-refractivity contribution in [1.29, 1.82) is 0 Å². The second-order valence-corrected chi connectivity index (χ2v) is 8.25. The number of thioether (sulfide) groups is 1. The van der Waals surface area contributed by atoms with Gasteiger partial charge < -0.3 is 9.52 Å².